The van der Waals surface area contributed by atoms with Crippen LogP contribution in [0.3, 0.4) is 0 Å². The van der Waals surface area contributed by atoms with E-state index in [9.17, 15) is 4.79 Å². The van der Waals surface area contributed by atoms with Crippen LogP contribution in [0.25, 0.3) is 99.1 Å². The quantitative estimate of drug-likeness (QED) is 0.0608. The summed E-state index contributed by atoms with van der Waals surface area (Å²) < 4.78 is 1.09. The molecule has 1 unspecified atom stereocenters. The molecule has 0 aromatic heterocycles. The number of amides is 1. The Morgan fingerprint density at radius 2 is 0.454 bits per heavy atom. The van der Waals surface area contributed by atoms with E-state index in [1.165, 1.54) is 67.2 Å². The fourth-order valence-corrected chi connectivity index (χ4v) is 15.2. The molecule has 18 aromatic carbocycles. The summed E-state index contributed by atoms with van der Waals surface area (Å²) in [6, 6.07) is 154. The van der Waals surface area contributed by atoms with Crippen LogP contribution in [-0.2, 0) is 4.79 Å². The van der Waals surface area contributed by atoms with Crippen molar-refractivity contribution in [2.75, 3.05) is 26.2 Å². The zero-order valence-corrected chi connectivity index (χ0v) is 71.6. The van der Waals surface area contributed by atoms with E-state index in [4.69, 9.17) is 10.2 Å². The number of halogens is 1. The van der Waals surface area contributed by atoms with Gasteiger partial charge in [0.25, 0.3) is 0 Å². The maximum Gasteiger partial charge on any atom is 1.00 e. The van der Waals surface area contributed by atoms with Crippen molar-refractivity contribution < 1.29 is 71.9 Å². The predicted octanol–water partition coefficient (Wildman–Crippen LogP) is 25.8. The maximum absolute atomic E-state index is 13.2. The number of nitrogens with two attached hydrogens (primary N) is 1. The van der Waals surface area contributed by atoms with Crippen molar-refractivity contribution in [3.8, 4) is 66.8 Å². The molecule has 18 rings (SSSR count). The van der Waals surface area contributed by atoms with Crippen LogP contribution in [0.1, 0.15) is 20.8 Å². The van der Waals surface area contributed by atoms with Gasteiger partial charge in [-0.2, -0.15) is 0 Å². The van der Waals surface area contributed by atoms with E-state index in [2.05, 4.69) is 449 Å². The molecule has 0 spiro atoms. The number of hydrogen-bond donors (Lipinski definition) is 3. The fraction of sp³-hybridized carbons (Fsp3) is 0.0463. The minimum atomic E-state index is -0.667. The summed E-state index contributed by atoms with van der Waals surface area (Å²) in [6.07, 6.45) is -0.667. The topological polar surface area (TPSA) is 127 Å². The van der Waals surface area contributed by atoms with Crippen LogP contribution in [0, 0.1) is 0 Å². The van der Waals surface area contributed by atoms with Crippen molar-refractivity contribution in [2.24, 2.45) is 5.73 Å². The molecule has 0 aliphatic heterocycles. The van der Waals surface area contributed by atoms with Crippen molar-refractivity contribution in [3.63, 3.8) is 0 Å². The summed E-state index contributed by atoms with van der Waals surface area (Å²) in [6.45, 7) is 5.05. The summed E-state index contributed by atoms with van der Waals surface area (Å²) in [5.41, 5.74) is 30.2. The Hall–Kier alpha value is -12.4. The number of hydrogen-bond acceptors (Lipinski definition) is 8. The molecule has 119 heavy (non-hydrogen) atoms. The van der Waals surface area contributed by atoms with Gasteiger partial charge in [0.2, 0.25) is 5.91 Å². The number of anilines is 11. The van der Waals surface area contributed by atoms with Crippen LogP contribution >= 0.6 is 15.9 Å². The second-order valence-corrected chi connectivity index (χ2v) is 29.3. The van der Waals surface area contributed by atoms with Gasteiger partial charge in [-0.3, -0.25) is 9.69 Å². The minimum Gasteiger partial charge on any atom is -0.870 e. The first-order valence-electron chi connectivity index (χ1n) is 39.4. The van der Waals surface area contributed by atoms with Crippen LogP contribution in [0.4, 0.5) is 62.6 Å². The molecular formula is C108H89BrKN5O4. The van der Waals surface area contributed by atoms with Gasteiger partial charge in [-0.15, -0.1) is 0 Å². The molecule has 0 aliphatic rings. The van der Waals surface area contributed by atoms with Gasteiger partial charge in [0, 0.05) is 79.7 Å². The van der Waals surface area contributed by atoms with E-state index < -0.39 is 6.23 Å². The monoisotopic (exact) mass is 1640 g/mol. The van der Waals surface area contributed by atoms with Crippen LogP contribution in [0.2, 0.25) is 0 Å². The smallest absolute Gasteiger partial charge is 0.870 e. The molecule has 11 heteroatoms. The van der Waals surface area contributed by atoms with Crippen molar-refractivity contribution in [2.45, 2.75) is 27.0 Å². The molecule has 0 saturated carbocycles. The third kappa shape index (κ3) is 20.2. The summed E-state index contributed by atoms with van der Waals surface area (Å²) >= 11 is 3.51. The zero-order valence-electron chi connectivity index (χ0n) is 66.8. The van der Waals surface area contributed by atoms with Gasteiger partial charge in [0.05, 0.1) is 23.3 Å². The Labute approximate surface area is 748 Å². The molecule has 0 bridgehead atoms. The van der Waals surface area contributed by atoms with E-state index >= 15 is 0 Å². The number of nitrogens with zero attached hydrogens (tertiary/aromatic N) is 4. The molecule has 1 atom stereocenters. The number of aliphatic hydroxyl groups excluding tert-OH is 2. The predicted molar refractivity (Wildman–Crippen MR) is 500 cm³/mol. The third-order valence-corrected chi connectivity index (χ3v) is 21.0. The van der Waals surface area contributed by atoms with Crippen molar-refractivity contribution >= 4 is 117 Å². The van der Waals surface area contributed by atoms with Crippen molar-refractivity contribution in [1.82, 2.24) is 0 Å². The van der Waals surface area contributed by atoms with Crippen LogP contribution in [0.15, 0.2) is 441 Å². The molecule has 18 aromatic rings. The number of carbonyl (C=O) groups is 1. The number of carbonyl (C=O) groups excluding carboxylic acids is 1. The molecule has 0 saturated heterocycles. The normalized spacial score (nSPS) is 10.9. The molecule has 9 nitrogen and oxygen atoms in total. The number of fused-ring (bicyclic) bond motifs is 3. The summed E-state index contributed by atoms with van der Waals surface area (Å²) in [5, 5.41) is 22.7. The number of benzene rings is 18. The van der Waals surface area contributed by atoms with Crippen LogP contribution in [-0.4, -0.2) is 34.4 Å². The second kappa shape index (κ2) is 40.6. The summed E-state index contributed by atoms with van der Waals surface area (Å²) in [4.78, 5) is 22.0. The van der Waals surface area contributed by atoms with Gasteiger partial charge in [0.1, 0.15) is 0 Å². The molecule has 578 valence electrons. The molecule has 1 amide bonds. The van der Waals surface area contributed by atoms with Gasteiger partial charge in [0.15, 0.2) is 0 Å². The first-order valence-corrected chi connectivity index (χ1v) is 40.2. The van der Waals surface area contributed by atoms with E-state index in [-0.39, 0.29) is 69.4 Å². The molecule has 0 heterocycles. The van der Waals surface area contributed by atoms with E-state index in [0.717, 1.165) is 106 Å². The Kier molecular flexibility index (Phi) is 28.8. The van der Waals surface area contributed by atoms with Gasteiger partial charge in [-0.25, -0.2) is 0 Å². The average molecular weight is 1640 g/mol. The van der Waals surface area contributed by atoms with Gasteiger partial charge in [-0.1, -0.05) is 325 Å². The Bertz CT molecular complexity index is 6020. The van der Waals surface area contributed by atoms with Gasteiger partial charge < -0.3 is 36.1 Å². The Balaban J connectivity index is 0.000000227. The summed E-state index contributed by atoms with van der Waals surface area (Å²) in [5.74, 6) is -0.0516. The average Bonchev–Trinajstić information content (AvgIpc) is 0.785. The van der Waals surface area contributed by atoms with Crippen LogP contribution < -0.4 is 76.7 Å². The fourth-order valence-electron chi connectivity index (χ4n) is 15.0. The SMILES string of the molecule is Brc1ccc(-c2ccc(-c3ccc(N(c4ccccc4)c4cccc5ccccc45)cc3)cc2)cc1.CC(=O)N(c1ccc(-c2ccc(-c3ccc(N(c4ccccc4)c4cccc5ccccc45)cc3)cc2)cc1)c1ccc(-c2ccc(-c3ccc(N(c4ccccc4)c4cccc5ccccc45)cc3)cc2)cc1.CC(N)O.CCO.[K+].[OH-]. The van der Waals surface area contributed by atoms with Crippen molar-refractivity contribution in [1.29, 1.82) is 0 Å². The standard InChI is InChI=1S/C70H51N3O.C34H24BrN.C2H7NO.C2H6O.K.H2O/c1-50(74)71(63-42-34-55(35-43-63)51-26-30-53(31-27-51)57-38-46-65(47-39-57)72(61-18-4-2-5-19-61)69-24-12-16-59-14-8-10-22-67(59)69)64-44-36-56(37-45-64)52-28-32-54(33-29-52)58-40-48-66(49-41-58)73(62-20-6-3-7-21-62)70-25-13-17-60-15-9-11-23-68(60)70;35-30-21-17-27(18-22-30)25-13-15-26(16-14-25)28-19-23-32(24-20-28)36(31-9-2-1-3-10-31)34-12-6-8-29-7-4-5-11-33(29)34;1-2(3)4;1-2-3;;/h2-49H,1H3;1-24H;2,4H,3H2,1H3;3H,2H2,1H3;;1H2/q;;;;+1;/p-1. The minimum absolute atomic E-state index is 0. The van der Waals surface area contributed by atoms with Gasteiger partial charge >= 0.3 is 51.4 Å². The molecule has 5 N–H and O–H groups in total. The first-order chi connectivity index (χ1) is 57.4. The van der Waals surface area contributed by atoms with Crippen LogP contribution in [0.5, 0.6) is 0 Å². The zero-order chi connectivity index (χ0) is 80.4. The first kappa shape index (κ1) is 84.5. The number of para-hydroxylation sites is 3. The molecule has 0 fully saturated rings. The van der Waals surface area contributed by atoms with Gasteiger partial charge in [-0.05, 0) is 224 Å². The number of rotatable bonds is 17. The Morgan fingerprint density at radius 3 is 0.672 bits per heavy atom. The second-order valence-electron chi connectivity index (χ2n) is 28.4. The molecule has 0 aliphatic carbocycles. The largest absolute Gasteiger partial charge is 1.00 e. The Morgan fingerprint density at radius 1 is 0.286 bits per heavy atom. The van der Waals surface area contributed by atoms with Crippen molar-refractivity contribution in [3.05, 3.63) is 441 Å². The van der Waals surface area contributed by atoms with E-state index in [1.54, 1.807) is 18.7 Å². The maximum atomic E-state index is 13.2. The van der Waals surface area contributed by atoms with E-state index in [1.807, 2.05) is 24.3 Å². The summed E-state index contributed by atoms with van der Waals surface area (Å²) in [7, 11) is 0. The number of aliphatic hydroxyl groups is 2. The van der Waals surface area contributed by atoms with E-state index in [0.29, 0.717) is 0 Å². The molecule has 0 radical (unpaired) electrons. The third-order valence-electron chi connectivity index (χ3n) is 20.5. The molecular weight excluding hydrogens is 1550 g/mol.